The smallest absolute Gasteiger partial charge is 0.265 e. The fourth-order valence-corrected chi connectivity index (χ4v) is 9.64. The lowest BCUT2D eigenvalue weighted by Gasteiger charge is -2.55. The lowest BCUT2D eigenvalue weighted by atomic mass is 9.55. The van der Waals surface area contributed by atoms with E-state index < -0.39 is 37.4 Å². The second kappa shape index (κ2) is 14.3. The molecule has 4 aliphatic rings. The molecule has 2 fully saturated rings. The van der Waals surface area contributed by atoms with E-state index in [4.69, 9.17) is 23.5 Å². The van der Waals surface area contributed by atoms with Gasteiger partial charge in [-0.25, -0.2) is 0 Å². The van der Waals surface area contributed by atoms with Crippen molar-refractivity contribution in [3.8, 4) is 5.88 Å². The molecule has 1 saturated heterocycles. The summed E-state index contributed by atoms with van der Waals surface area (Å²) >= 11 is 0. The van der Waals surface area contributed by atoms with Crippen LogP contribution in [0.4, 0.5) is 0 Å². The number of nitrogens with zero attached hydrogens (tertiary/aromatic N) is 2. The Balaban J connectivity index is 0.000000594. The van der Waals surface area contributed by atoms with E-state index in [-0.39, 0.29) is 59.0 Å². The van der Waals surface area contributed by atoms with Crippen molar-refractivity contribution in [3.63, 3.8) is 0 Å². The molecule has 0 radical (unpaired) electrons. The van der Waals surface area contributed by atoms with Crippen LogP contribution in [0.15, 0.2) is 58.6 Å². The van der Waals surface area contributed by atoms with E-state index in [1.54, 1.807) is 0 Å². The summed E-state index contributed by atoms with van der Waals surface area (Å²) in [6.45, 7) is 15.7. The number of aliphatic hydroxyl groups is 2. The minimum Gasteiger partial charge on any atom is -0.507 e. The number of aryl methyl sites for hydroxylation is 1. The third-order valence-corrected chi connectivity index (χ3v) is 16.4. The summed E-state index contributed by atoms with van der Waals surface area (Å²) in [5, 5.41) is 24.3. The van der Waals surface area contributed by atoms with Crippen LogP contribution in [0.3, 0.4) is 0 Å². The van der Waals surface area contributed by atoms with Crippen LogP contribution in [0.25, 0.3) is 5.76 Å². The minimum absolute atomic E-state index is 0.0428. The molecule has 2 heterocycles. The summed E-state index contributed by atoms with van der Waals surface area (Å²) in [4.78, 5) is 32.5. The maximum Gasteiger partial charge on any atom is 0.265 e. The van der Waals surface area contributed by atoms with Gasteiger partial charge in [-0.1, -0.05) is 76.2 Å². The summed E-state index contributed by atoms with van der Waals surface area (Å²) in [6.07, 6.45) is 2.75. The van der Waals surface area contributed by atoms with Crippen molar-refractivity contribution >= 4 is 25.6 Å². The van der Waals surface area contributed by atoms with Gasteiger partial charge >= 0.3 is 0 Å². The molecule has 0 amide bonds. The van der Waals surface area contributed by atoms with Crippen LogP contribution in [0.5, 0.6) is 5.88 Å². The first-order valence-corrected chi connectivity index (χ1v) is 21.3. The molecular weight excluding hydrogens is 677 g/mol. The Morgan fingerprint density at radius 1 is 1.04 bits per heavy atom. The summed E-state index contributed by atoms with van der Waals surface area (Å²) in [5.41, 5.74) is 2.02. The predicted molar refractivity (Wildman–Crippen MR) is 201 cm³/mol. The van der Waals surface area contributed by atoms with Gasteiger partial charge in [-0.05, 0) is 92.1 Å². The fraction of sp³-hybridized carbons (Fsp3) is 0.537. The number of hydrogen-bond acceptors (Lipinski definition) is 10. The van der Waals surface area contributed by atoms with E-state index in [2.05, 4.69) is 45.9 Å². The van der Waals surface area contributed by atoms with E-state index in [0.29, 0.717) is 17.7 Å². The number of hydrogen-bond donors (Lipinski definition) is 2. The monoisotopic (exact) mass is 730 g/mol. The van der Waals surface area contributed by atoms with Gasteiger partial charge in [0.05, 0.1) is 18.8 Å². The molecule has 1 aliphatic heterocycles. The molecule has 6 atom stereocenters. The first kappa shape index (κ1) is 38.1. The highest BCUT2D eigenvalue weighted by molar-refractivity contribution is 6.74. The number of rotatable bonds is 7. The van der Waals surface area contributed by atoms with Crippen LogP contribution >= 0.6 is 0 Å². The predicted octanol–water partition coefficient (Wildman–Crippen LogP) is 7.57. The number of ether oxygens (including phenoxy) is 2. The van der Waals surface area contributed by atoms with Gasteiger partial charge in [0.15, 0.2) is 19.7 Å². The number of Topliss-reactive ketones (excluding diaryl/α,β-unsaturated/α-hetero) is 2. The van der Waals surface area contributed by atoms with Crippen LogP contribution < -0.4 is 4.74 Å². The number of fused-ring (bicyclic) bond motifs is 4. The van der Waals surface area contributed by atoms with Crippen molar-refractivity contribution in [2.24, 2.45) is 11.8 Å². The first-order valence-electron chi connectivity index (χ1n) is 18.4. The molecule has 3 aromatic rings. The molecule has 1 saturated carbocycles. The average Bonchev–Trinajstić information content (AvgIpc) is 3.78. The van der Waals surface area contributed by atoms with Gasteiger partial charge in [0.1, 0.15) is 17.9 Å². The average molecular weight is 731 g/mol. The molecule has 0 spiro atoms. The summed E-state index contributed by atoms with van der Waals surface area (Å²) < 4.78 is 24.3. The lowest BCUT2D eigenvalue weighted by Crippen LogP contribution is -2.68. The SMILES string of the molecule is Cc1cccc2c1C(O)=C1C(=O)[C@]3(O[Si](C)(C)C(C)(C)C)C(=O)c4c(OCc5ccccc5)noc4[C@@H](N(C)C)[C@@H]3C[C@@H]1[C@H]2C.OCC1CCCO1. The zero-order chi connectivity index (χ0) is 37.7. The topological polar surface area (TPSA) is 132 Å². The van der Waals surface area contributed by atoms with E-state index in [0.717, 1.165) is 36.1 Å². The van der Waals surface area contributed by atoms with E-state index in [1.165, 1.54) is 0 Å². The van der Waals surface area contributed by atoms with Crippen LogP contribution in [-0.4, -0.2) is 79.2 Å². The van der Waals surface area contributed by atoms with Gasteiger partial charge < -0.3 is 28.6 Å². The molecular formula is C41H54N2O8Si. The highest BCUT2D eigenvalue weighted by Crippen LogP contribution is 2.60. The van der Waals surface area contributed by atoms with Crippen molar-refractivity contribution in [2.45, 2.75) is 102 Å². The largest absolute Gasteiger partial charge is 0.507 e. The van der Waals surface area contributed by atoms with E-state index in [1.807, 2.05) is 74.4 Å². The molecule has 0 bridgehead atoms. The Morgan fingerprint density at radius 2 is 1.75 bits per heavy atom. The maximum atomic E-state index is 15.3. The highest BCUT2D eigenvalue weighted by atomic mass is 28.4. The molecule has 2 N–H and O–H groups in total. The molecule has 1 unspecified atom stereocenters. The highest BCUT2D eigenvalue weighted by Gasteiger charge is 2.69. The van der Waals surface area contributed by atoms with Gasteiger partial charge in [-0.3, -0.25) is 14.5 Å². The quantitative estimate of drug-likeness (QED) is 0.185. The minimum atomic E-state index is -2.78. The normalized spacial score (nSPS) is 27.0. The second-order valence-electron chi connectivity index (χ2n) is 16.5. The summed E-state index contributed by atoms with van der Waals surface area (Å²) in [7, 11) is 1.06. The van der Waals surface area contributed by atoms with Crippen molar-refractivity contribution in [1.82, 2.24) is 10.1 Å². The van der Waals surface area contributed by atoms with Gasteiger partial charge in [0, 0.05) is 23.7 Å². The number of aromatic nitrogens is 1. The molecule has 52 heavy (non-hydrogen) atoms. The third-order valence-electron chi connectivity index (χ3n) is 12.0. The molecule has 11 heteroatoms. The van der Waals surface area contributed by atoms with Crippen LogP contribution in [0.2, 0.25) is 18.1 Å². The Labute approximate surface area is 308 Å². The maximum absolute atomic E-state index is 15.3. The Kier molecular flexibility index (Phi) is 10.5. The van der Waals surface area contributed by atoms with Gasteiger partial charge in [0.25, 0.3) is 5.88 Å². The van der Waals surface area contributed by atoms with Gasteiger partial charge in [0.2, 0.25) is 11.6 Å². The molecule has 7 rings (SSSR count). The van der Waals surface area contributed by atoms with Gasteiger partial charge in [-0.15, -0.1) is 0 Å². The lowest BCUT2D eigenvalue weighted by molar-refractivity contribution is -0.141. The fourth-order valence-electron chi connectivity index (χ4n) is 8.20. The summed E-state index contributed by atoms with van der Waals surface area (Å²) in [5.74, 6) is -1.50. The zero-order valence-electron chi connectivity index (χ0n) is 32.0. The molecule has 3 aliphatic carbocycles. The number of carbonyl (C=O) groups excluding carboxylic acids is 2. The standard InChI is InChI=1S/C36H44N2O6Si.C5H10O2/c1-20-14-13-17-23-21(2)24-18-25-29(38(6)7)31-28(34(37-43-31)42-19-22-15-11-10-12-16-22)33(41)36(25,44-45(8,9)35(3,4)5)32(40)27(24)30(39)26(20)23;6-4-5-2-1-3-7-5/h10-17,21,24-25,29,39H,18-19H2,1-9H3;5-6H,1-4H2/t21-,24+,25-,29-,36-;/m0./s1. The van der Waals surface area contributed by atoms with E-state index in [9.17, 15) is 5.11 Å². The van der Waals surface area contributed by atoms with Crippen LogP contribution in [-0.2, 0) is 20.6 Å². The zero-order valence-corrected chi connectivity index (χ0v) is 33.0. The number of ketones is 2. The third kappa shape index (κ3) is 6.38. The number of benzene rings is 2. The Bertz CT molecular complexity index is 1840. The van der Waals surface area contributed by atoms with Crippen molar-refractivity contribution in [2.75, 3.05) is 27.3 Å². The summed E-state index contributed by atoms with van der Waals surface area (Å²) in [6, 6.07) is 15.1. The number of aliphatic hydroxyl groups excluding tert-OH is 2. The van der Waals surface area contributed by atoms with Gasteiger partial charge in [-0.2, -0.15) is 0 Å². The van der Waals surface area contributed by atoms with Crippen molar-refractivity contribution in [3.05, 3.63) is 87.7 Å². The van der Waals surface area contributed by atoms with Crippen LogP contribution in [0, 0.1) is 18.8 Å². The van der Waals surface area contributed by atoms with Crippen molar-refractivity contribution in [1.29, 1.82) is 0 Å². The molecule has 10 nitrogen and oxygen atoms in total. The number of carbonyl (C=O) groups is 2. The second-order valence-corrected chi connectivity index (χ2v) is 21.2. The van der Waals surface area contributed by atoms with Crippen LogP contribution in [0.1, 0.15) is 97.3 Å². The van der Waals surface area contributed by atoms with Crippen molar-refractivity contribution < 1.29 is 38.2 Å². The Hall–Kier alpha value is -3.61. The van der Waals surface area contributed by atoms with E-state index >= 15 is 9.59 Å². The molecule has 2 aromatic carbocycles. The first-order chi connectivity index (χ1) is 24.5. The Morgan fingerprint density at radius 3 is 2.35 bits per heavy atom. The molecule has 280 valence electrons. The molecule has 1 aromatic heterocycles.